The molecule has 1 saturated heterocycles. The van der Waals surface area contributed by atoms with Gasteiger partial charge in [0.25, 0.3) is 5.91 Å². The molecule has 0 spiro atoms. The summed E-state index contributed by atoms with van der Waals surface area (Å²) in [6, 6.07) is 14.3. The highest BCUT2D eigenvalue weighted by Crippen LogP contribution is 2.24. The Labute approximate surface area is 181 Å². The molecular formula is C25H36N4O. The first-order valence-electron chi connectivity index (χ1n) is 11.2. The number of nitrogens with one attached hydrogen (secondary N) is 1. The van der Waals surface area contributed by atoms with E-state index in [1.165, 1.54) is 11.3 Å². The number of hydrogen-bond donors (Lipinski definition) is 1. The number of piperazine rings is 1. The van der Waals surface area contributed by atoms with E-state index < -0.39 is 0 Å². The van der Waals surface area contributed by atoms with Crippen molar-refractivity contribution in [2.45, 2.75) is 34.2 Å². The molecule has 2 aromatic rings. The third kappa shape index (κ3) is 5.61. The van der Waals surface area contributed by atoms with Crippen molar-refractivity contribution in [3.05, 3.63) is 59.2 Å². The van der Waals surface area contributed by atoms with E-state index in [1.54, 1.807) is 0 Å². The summed E-state index contributed by atoms with van der Waals surface area (Å²) in [5, 5.41) is 3.08. The van der Waals surface area contributed by atoms with Gasteiger partial charge in [0.1, 0.15) is 0 Å². The highest BCUT2D eigenvalue weighted by Gasteiger charge is 2.17. The smallest absolute Gasteiger partial charge is 0.255 e. The first-order chi connectivity index (χ1) is 14.5. The van der Waals surface area contributed by atoms with Crippen LogP contribution in [0.25, 0.3) is 0 Å². The number of amides is 1. The lowest BCUT2D eigenvalue weighted by Gasteiger charge is -2.35. The maximum Gasteiger partial charge on any atom is 0.255 e. The second-order valence-corrected chi connectivity index (χ2v) is 8.03. The molecule has 1 N–H and O–H groups in total. The van der Waals surface area contributed by atoms with Crippen LogP contribution >= 0.6 is 0 Å². The fraction of sp³-hybridized carbons (Fsp3) is 0.480. The summed E-state index contributed by atoms with van der Waals surface area (Å²) in [5.41, 5.74) is 5.14. The molecule has 0 radical (unpaired) electrons. The zero-order valence-corrected chi connectivity index (χ0v) is 18.9. The molecule has 3 rings (SSSR count). The van der Waals surface area contributed by atoms with Crippen molar-refractivity contribution >= 4 is 17.3 Å². The lowest BCUT2D eigenvalue weighted by Crippen LogP contribution is -2.46. The molecule has 0 unspecified atom stereocenters. The van der Waals surface area contributed by atoms with Crippen LogP contribution in [0, 0.1) is 6.92 Å². The van der Waals surface area contributed by atoms with Gasteiger partial charge in [0.05, 0.1) is 0 Å². The van der Waals surface area contributed by atoms with Crippen LogP contribution in [-0.2, 0) is 6.54 Å². The molecule has 1 fully saturated rings. The van der Waals surface area contributed by atoms with Crippen LogP contribution < -0.4 is 10.2 Å². The molecule has 2 aromatic carbocycles. The van der Waals surface area contributed by atoms with Gasteiger partial charge >= 0.3 is 0 Å². The van der Waals surface area contributed by atoms with Crippen LogP contribution in [0.4, 0.5) is 11.4 Å². The molecule has 0 saturated carbocycles. The van der Waals surface area contributed by atoms with Crippen LogP contribution in [0.1, 0.15) is 42.3 Å². The Morgan fingerprint density at radius 2 is 1.63 bits per heavy atom. The normalized spacial score (nSPS) is 14.9. The number of anilines is 2. The second-order valence-electron chi connectivity index (χ2n) is 8.03. The van der Waals surface area contributed by atoms with Crippen molar-refractivity contribution < 1.29 is 4.79 Å². The topological polar surface area (TPSA) is 38.8 Å². The number of likely N-dealkylation sites (N-methyl/N-ethyl adjacent to an activating group) is 1. The summed E-state index contributed by atoms with van der Waals surface area (Å²) < 4.78 is 0. The highest BCUT2D eigenvalue weighted by atomic mass is 16.1. The lowest BCUT2D eigenvalue weighted by atomic mass is 10.1. The van der Waals surface area contributed by atoms with E-state index in [0.29, 0.717) is 5.56 Å². The maximum atomic E-state index is 12.7. The van der Waals surface area contributed by atoms with E-state index >= 15 is 0 Å². The Morgan fingerprint density at radius 3 is 2.20 bits per heavy atom. The fourth-order valence-corrected chi connectivity index (χ4v) is 3.97. The summed E-state index contributed by atoms with van der Waals surface area (Å²) in [6.45, 7) is 17.0. The number of carbonyl (C=O) groups is 1. The zero-order valence-electron chi connectivity index (χ0n) is 18.9. The van der Waals surface area contributed by atoms with Gasteiger partial charge < -0.3 is 15.1 Å². The van der Waals surface area contributed by atoms with Crippen LogP contribution in [0.2, 0.25) is 0 Å². The molecule has 162 valence electrons. The number of hydrogen-bond acceptors (Lipinski definition) is 4. The summed E-state index contributed by atoms with van der Waals surface area (Å²) in [5.74, 6) is -0.0585. The predicted molar refractivity (Wildman–Crippen MR) is 127 cm³/mol. The van der Waals surface area contributed by atoms with Crippen LogP contribution in [-0.4, -0.2) is 61.5 Å². The minimum atomic E-state index is -0.0585. The van der Waals surface area contributed by atoms with Crippen molar-refractivity contribution in [3.8, 4) is 0 Å². The number of rotatable bonds is 8. The summed E-state index contributed by atoms with van der Waals surface area (Å²) in [7, 11) is 0. The van der Waals surface area contributed by atoms with E-state index in [2.05, 4.69) is 72.0 Å². The van der Waals surface area contributed by atoms with Crippen LogP contribution in [0.15, 0.2) is 42.5 Å². The molecule has 0 bridgehead atoms. The highest BCUT2D eigenvalue weighted by molar-refractivity contribution is 6.04. The van der Waals surface area contributed by atoms with E-state index in [0.717, 1.165) is 63.6 Å². The van der Waals surface area contributed by atoms with Gasteiger partial charge in [-0.2, -0.15) is 0 Å². The monoisotopic (exact) mass is 408 g/mol. The predicted octanol–water partition coefficient (Wildman–Crippen LogP) is 4.23. The number of nitrogens with zero attached hydrogens (tertiary/aromatic N) is 3. The quantitative estimate of drug-likeness (QED) is 0.709. The maximum absolute atomic E-state index is 12.7. The van der Waals surface area contributed by atoms with Crippen molar-refractivity contribution in [1.82, 2.24) is 9.80 Å². The number of benzene rings is 2. The van der Waals surface area contributed by atoms with Crippen LogP contribution in [0.3, 0.4) is 0 Å². The van der Waals surface area contributed by atoms with Gasteiger partial charge in [-0.25, -0.2) is 0 Å². The molecule has 0 aromatic heterocycles. The van der Waals surface area contributed by atoms with Crippen molar-refractivity contribution in [2.75, 3.05) is 56.0 Å². The van der Waals surface area contributed by atoms with Crippen molar-refractivity contribution in [3.63, 3.8) is 0 Å². The minimum absolute atomic E-state index is 0.0585. The van der Waals surface area contributed by atoms with E-state index in [-0.39, 0.29) is 5.91 Å². The Kier molecular flexibility index (Phi) is 7.88. The molecule has 1 amide bonds. The Balaban J connectivity index is 1.61. The third-order valence-electron chi connectivity index (χ3n) is 6.16. The Bertz CT molecular complexity index is 822. The second kappa shape index (κ2) is 10.6. The van der Waals surface area contributed by atoms with Gasteiger partial charge in [-0.1, -0.05) is 32.9 Å². The standard InChI is InChI=1S/C25H36N4O/c1-5-27(6-2)19-21-8-10-22(11-9-21)25(30)26-24-13-12-23(18-20(24)4)29-16-14-28(7-3)15-17-29/h8-13,18H,5-7,14-17,19H2,1-4H3,(H,26,30). The van der Waals surface area contributed by atoms with Crippen molar-refractivity contribution in [2.24, 2.45) is 0 Å². The van der Waals surface area contributed by atoms with Crippen molar-refractivity contribution in [1.29, 1.82) is 0 Å². The first kappa shape index (κ1) is 22.3. The molecule has 0 atom stereocenters. The molecule has 0 aliphatic carbocycles. The van der Waals surface area contributed by atoms with Gasteiger partial charge in [-0.15, -0.1) is 0 Å². The molecule has 1 aliphatic heterocycles. The van der Waals surface area contributed by atoms with Gasteiger partial charge in [0, 0.05) is 49.7 Å². The summed E-state index contributed by atoms with van der Waals surface area (Å²) >= 11 is 0. The van der Waals surface area contributed by atoms with Gasteiger partial charge in [-0.05, 0) is 68.0 Å². The van der Waals surface area contributed by atoms with Gasteiger partial charge in [0.2, 0.25) is 0 Å². The van der Waals surface area contributed by atoms with Gasteiger partial charge in [-0.3, -0.25) is 9.69 Å². The average Bonchev–Trinajstić information content (AvgIpc) is 2.79. The SMILES string of the molecule is CCN1CCN(c2ccc(NC(=O)c3ccc(CN(CC)CC)cc3)c(C)c2)CC1. The fourth-order valence-electron chi connectivity index (χ4n) is 3.97. The largest absolute Gasteiger partial charge is 0.369 e. The summed E-state index contributed by atoms with van der Waals surface area (Å²) in [6.07, 6.45) is 0. The minimum Gasteiger partial charge on any atom is -0.369 e. The molecule has 1 heterocycles. The zero-order chi connectivity index (χ0) is 21.5. The number of carbonyl (C=O) groups excluding carboxylic acids is 1. The van der Waals surface area contributed by atoms with Crippen LogP contribution in [0.5, 0.6) is 0 Å². The van der Waals surface area contributed by atoms with E-state index in [1.807, 2.05) is 18.2 Å². The first-order valence-corrected chi connectivity index (χ1v) is 11.2. The lowest BCUT2D eigenvalue weighted by molar-refractivity contribution is 0.102. The number of aryl methyl sites for hydroxylation is 1. The molecule has 1 aliphatic rings. The Hall–Kier alpha value is -2.37. The third-order valence-corrected chi connectivity index (χ3v) is 6.16. The summed E-state index contributed by atoms with van der Waals surface area (Å²) in [4.78, 5) is 20.0. The molecule has 5 nitrogen and oxygen atoms in total. The van der Waals surface area contributed by atoms with E-state index in [4.69, 9.17) is 0 Å². The van der Waals surface area contributed by atoms with E-state index in [9.17, 15) is 4.79 Å². The Morgan fingerprint density at radius 1 is 0.967 bits per heavy atom. The molecular weight excluding hydrogens is 372 g/mol. The molecule has 30 heavy (non-hydrogen) atoms. The van der Waals surface area contributed by atoms with Gasteiger partial charge in [0.15, 0.2) is 0 Å². The average molecular weight is 409 g/mol. The molecule has 5 heteroatoms.